The molecule has 27 heavy (non-hydrogen) atoms. The van der Waals surface area contributed by atoms with Crippen LogP contribution in [0, 0.1) is 0 Å². The van der Waals surface area contributed by atoms with Crippen molar-refractivity contribution >= 4 is 19.4 Å². The summed E-state index contributed by atoms with van der Waals surface area (Å²) in [6, 6.07) is 13.6. The Morgan fingerprint density at radius 1 is 1.15 bits per heavy atom. The van der Waals surface area contributed by atoms with Crippen LogP contribution < -0.4 is 4.74 Å². The van der Waals surface area contributed by atoms with Crippen LogP contribution in [-0.2, 0) is 9.09 Å². The topological polar surface area (TPSA) is 76.0 Å². The maximum Gasteiger partial charge on any atom is 0.474 e. The van der Waals surface area contributed by atoms with Crippen LogP contribution in [0.5, 0.6) is 11.5 Å². The summed E-state index contributed by atoms with van der Waals surface area (Å²) in [5.74, 6) is 1.82. The minimum absolute atomic E-state index is 0.107. The Kier molecular flexibility index (Phi) is 4.62. The molecule has 0 bridgehead atoms. The number of benzene rings is 2. The highest BCUT2D eigenvalue weighted by molar-refractivity contribution is 7.46. The van der Waals surface area contributed by atoms with Gasteiger partial charge in [-0.3, -0.25) is 4.48 Å². The SMILES string of the molecule is CC(OP(=O)(O)O)[N+]1(C)CC2c3ccccc3Oc3ccc(Cl)cc3C2C1. The summed E-state index contributed by atoms with van der Waals surface area (Å²) in [5, 5.41) is 0.641. The first kappa shape index (κ1) is 18.9. The molecule has 4 unspecified atom stereocenters. The molecular weight excluding hydrogens is 389 g/mol. The van der Waals surface area contributed by atoms with Crippen molar-refractivity contribution in [1.82, 2.24) is 0 Å². The number of hydrogen-bond acceptors (Lipinski definition) is 3. The van der Waals surface area contributed by atoms with Crippen molar-refractivity contribution < 1.29 is 28.1 Å². The number of likely N-dealkylation sites (N-methyl/N-ethyl adjacent to an activating group) is 1. The van der Waals surface area contributed by atoms with Crippen molar-refractivity contribution in [2.75, 3.05) is 20.1 Å². The van der Waals surface area contributed by atoms with Gasteiger partial charge in [-0.15, -0.1) is 0 Å². The Morgan fingerprint density at radius 3 is 2.48 bits per heavy atom. The highest BCUT2D eigenvalue weighted by atomic mass is 35.5. The van der Waals surface area contributed by atoms with E-state index >= 15 is 0 Å². The van der Waals surface area contributed by atoms with Crippen LogP contribution in [0.15, 0.2) is 42.5 Å². The molecule has 0 aromatic heterocycles. The Bertz CT molecular complexity index is 932. The summed E-state index contributed by atoms with van der Waals surface area (Å²) < 4.78 is 23.0. The van der Waals surface area contributed by atoms with Crippen LogP contribution in [0.25, 0.3) is 0 Å². The van der Waals surface area contributed by atoms with Crippen molar-refractivity contribution in [2.24, 2.45) is 0 Å². The second-order valence-corrected chi connectivity index (χ2v) is 9.20. The molecular formula is C19H22ClNO5P+. The molecule has 0 radical (unpaired) electrons. The largest absolute Gasteiger partial charge is 0.474 e. The molecule has 2 heterocycles. The smallest absolute Gasteiger partial charge is 0.457 e. The molecule has 2 aromatic carbocycles. The van der Waals surface area contributed by atoms with Gasteiger partial charge in [-0.2, -0.15) is 0 Å². The van der Waals surface area contributed by atoms with Gasteiger partial charge in [0.25, 0.3) is 0 Å². The third-order valence-corrected chi connectivity index (χ3v) is 6.61. The van der Waals surface area contributed by atoms with Gasteiger partial charge in [-0.05, 0) is 24.3 Å². The van der Waals surface area contributed by atoms with Crippen LogP contribution in [-0.4, -0.2) is 40.6 Å². The van der Waals surface area contributed by atoms with E-state index in [0.717, 1.165) is 22.6 Å². The fourth-order valence-corrected chi connectivity index (χ4v) is 5.17. The van der Waals surface area contributed by atoms with Crippen molar-refractivity contribution in [1.29, 1.82) is 0 Å². The molecule has 2 N–H and O–H groups in total. The third kappa shape index (κ3) is 3.54. The van der Waals surface area contributed by atoms with Crippen LogP contribution in [0.2, 0.25) is 5.02 Å². The van der Waals surface area contributed by atoms with Crippen molar-refractivity contribution in [2.45, 2.75) is 25.0 Å². The first-order valence-electron chi connectivity index (χ1n) is 8.81. The fourth-order valence-electron chi connectivity index (χ4n) is 4.37. The van der Waals surface area contributed by atoms with E-state index in [1.54, 1.807) is 6.92 Å². The molecule has 2 aliphatic rings. The number of nitrogens with zero attached hydrogens (tertiary/aromatic N) is 1. The highest BCUT2D eigenvalue weighted by Gasteiger charge is 2.51. The maximum absolute atomic E-state index is 11.4. The minimum atomic E-state index is -4.57. The van der Waals surface area contributed by atoms with Crippen LogP contribution >= 0.6 is 19.4 Å². The van der Waals surface area contributed by atoms with Crippen LogP contribution in [0.3, 0.4) is 0 Å². The van der Waals surface area contributed by atoms with E-state index in [-0.39, 0.29) is 11.8 Å². The Labute approximate surface area is 163 Å². The van der Waals surface area contributed by atoms with Crippen LogP contribution in [0.1, 0.15) is 29.9 Å². The van der Waals surface area contributed by atoms with Gasteiger partial charge in [0, 0.05) is 34.9 Å². The van der Waals surface area contributed by atoms with Crippen LogP contribution in [0.4, 0.5) is 0 Å². The second kappa shape index (κ2) is 6.59. The first-order chi connectivity index (χ1) is 12.7. The van der Waals surface area contributed by atoms with Crippen molar-refractivity contribution in [3.8, 4) is 11.5 Å². The predicted octanol–water partition coefficient (Wildman–Crippen LogP) is 4.23. The van der Waals surface area contributed by atoms with Gasteiger partial charge in [0.1, 0.15) is 11.5 Å². The van der Waals surface area contributed by atoms with Gasteiger partial charge in [0.05, 0.1) is 20.1 Å². The molecule has 0 aliphatic carbocycles. The first-order valence-corrected chi connectivity index (χ1v) is 10.7. The number of phosphoric ester groups is 1. The van der Waals surface area contributed by atoms with Gasteiger partial charge in [0.15, 0.2) is 0 Å². The monoisotopic (exact) mass is 410 g/mol. The van der Waals surface area contributed by atoms with Crippen molar-refractivity contribution in [3.63, 3.8) is 0 Å². The normalized spacial score (nSPS) is 27.7. The quantitative estimate of drug-likeness (QED) is 0.585. The average Bonchev–Trinajstić information content (AvgIpc) is 2.89. The number of phosphoric acid groups is 1. The molecule has 1 saturated heterocycles. The van der Waals surface area contributed by atoms with E-state index < -0.39 is 14.1 Å². The molecule has 0 spiro atoms. The highest BCUT2D eigenvalue weighted by Crippen LogP contribution is 2.53. The maximum atomic E-state index is 11.4. The number of quaternary nitrogens is 1. The minimum Gasteiger partial charge on any atom is -0.457 e. The molecule has 1 fully saturated rings. The zero-order valence-corrected chi connectivity index (χ0v) is 16.7. The lowest BCUT2D eigenvalue weighted by Gasteiger charge is -2.36. The summed E-state index contributed by atoms with van der Waals surface area (Å²) in [5.41, 5.74) is 2.12. The van der Waals surface area contributed by atoms with E-state index in [4.69, 9.17) is 20.9 Å². The lowest BCUT2D eigenvalue weighted by molar-refractivity contribution is -0.939. The number of likely N-dealkylation sites (tertiary alicyclic amines) is 1. The summed E-state index contributed by atoms with van der Waals surface area (Å²) in [6.45, 7) is 3.06. The molecule has 2 aliphatic heterocycles. The summed E-state index contributed by atoms with van der Waals surface area (Å²) >= 11 is 6.26. The summed E-state index contributed by atoms with van der Waals surface area (Å²) in [6.07, 6.45) is -0.645. The van der Waals surface area contributed by atoms with Gasteiger partial charge in [-0.25, -0.2) is 9.09 Å². The standard InChI is InChI=1S/C19H21ClNO5P/c1-12(26-27(22,23)24)21(2)10-16-14-5-3-4-6-18(14)25-19-8-7-13(20)9-15(19)17(16)11-21/h3-9,12,16-17H,10-11H2,1-2H3,(H-,22,23,24)/p+1. The number of halogens is 1. The van der Waals surface area contributed by atoms with Gasteiger partial charge in [0.2, 0.25) is 6.23 Å². The number of para-hydroxylation sites is 1. The van der Waals surface area contributed by atoms with E-state index in [1.807, 2.05) is 43.4 Å². The lowest BCUT2D eigenvalue weighted by Crippen LogP contribution is -2.50. The zero-order valence-electron chi connectivity index (χ0n) is 15.1. The predicted molar refractivity (Wildman–Crippen MR) is 102 cm³/mol. The zero-order chi connectivity index (χ0) is 19.4. The van der Waals surface area contributed by atoms with E-state index in [1.165, 1.54) is 0 Å². The van der Waals surface area contributed by atoms with E-state index in [0.29, 0.717) is 22.6 Å². The molecule has 0 amide bonds. The Hall–Kier alpha value is -1.40. The second-order valence-electron chi connectivity index (χ2n) is 7.57. The van der Waals surface area contributed by atoms with E-state index in [2.05, 4.69) is 6.07 Å². The summed E-state index contributed by atoms with van der Waals surface area (Å²) in [7, 11) is -2.59. The Balaban J connectivity index is 1.79. The number of hydrogen-bond donors (Lipinski definition) is 2. The fraction of sp³-hybridized carbons (Fsp3) is 0.368. The molecule has 8 heteroatoms. The molecule has 4 rings (SSSR count). The molecule has 6 nitrogen and oxygen atoms in total. The van der Waals surface area contributed by atoms with E-state index in [9.17, 15) is 14.4 Å². The van der Waals surface area contributed by atoms with Gasteiger partial charge >= 0.3 is 7.82 Å². The van der Waals surface area contributed by atoms with Crippen molar-refractivity contribution in [3.05, 3.63) is 58.6 Å². The van der Waals surface area contributed by atoms with Gasteiger partial charge < -0.3 is 14.5 Å². The lowest BCUT2D eigenvalue weighted by atomic mass is 9.84. The molecule has 144 valence electrons. The molecule has 2 aromatic rings. The summed E-state index contributed by atoms with van der Waals surface area (Å²) in [4.78, 5) is 18.5. The number of rotatable bonds is 3. The average molecular weight is 411 g/mol. The van der Waals surface area contributed by atoms with Gasteiger partial charge in [-0.1, -0.05) is 29.8 Å². The number of ether oxygens (including phenoxy) is 1. The third-order valence-electron chi connectivity index (χ3n) is 5.79. The Morgan fingerprint density at radius 2 is 1.78 bits per heavy atom. The number of fused-ring (bicyclic) bond motifs is 5. The molecule has 0 saturated carbocycles. The molecule has 4 atom stereocenters.